The molecule has 21 heavy (non-hydrogen) atoms. The molecule has 0 unspecified atom stereocenters. The Morgan fingerprint density at radius 2 is 1.76 bits per heavy atom. The van der Waals surface area contributed by atoms with Gasteiger partial charge in [-0.2, -0.15) is 13.2 Å². The van der Waals surface area contributed by atoms with Gasteiger partial charge in [0, 0.05) is 29.1 Å². The smallest absolute Gasteiger partial charge is 0.390 e. The van der Waals surface area contributed by atoms with Crippen LogP contribution in [0.1, 0.15) is 45.0 Å². The van der Waals surface area contributed by atoms with E-state index in [0.29, 0.717) is 11.8 Å². The quantitative estimate of drug-likeness (QED) is 0.883. The molecule has 116 valence electrons. The van der Waals surface area contributed by atoms with Gasteiger partial charge < -0.3 is 9.67 Å². The van der Waals surface area contributed by atoms with E-state index in [4.69, 9.17) is 0 Å². The normalized spacial score (nSPS) is 13.4. The molecule has 0 bridgehead atoms. The predicted octanol–water partition coefficient (Wildman–Crippen LogP) is 4.55. The van der Waals surface area contributed by atoms with Crippen LogP contribution in [0.5, 0.6) is 0 Å². The van der Waals surface area contributed by atoms with Crippen molar-refractivity contribution in [3.63, 3.8) is 0 Å². The summed E-state index contributed by atoms with van der Waals surface area (Å²) < 4.78 is 40.4. The SMILES string of the molecule is CC(C)n1c(CC(C)(C)O)cc2cc(C(F)(F)F)ccc21. The van der Waals surface area contributed by atoms with E-state index in [0.717, 1.165) is 17.3 Å². The van der Waals surface area contributed by atoms with Gasteiger partial charge in [-0.1, -0.05) is 0 Å². The molecule has 2 rings (SSSR count). The molecule has 2 nitrogen and oxygen atoms in total. The Morgan fingerprint density at radius 1 is 1.14 bits per heavy atom. The number of nitrogens with zero attached hydrogens (tertiary/aromatic N) is 1. The molecule has 1 aromatic carbocycles. The first-order chi connectivity index (χ1) is 9.49. The Bertz CT molecular complexity index is 648. The zero-order valence-corrected chi connectivity index (χ0v) is 12.6. The van der Waals surface area contributed by atoms with Crippen LogP contribution < -0.4 is 0 Å². The van der Waals surface area contributed by atoms with E-state index < -0.39 is 17.3 Å². The van der Waals surface area contributed by atoms with E-state index in [1.54, 1.807) is 19.9 Å². The van der Waals surface area contributed by atoms with E-state index in [1.807, 2.05) is 18.4 Å². The van der Waals surface area contributed by atoms with Gasteiger partial charge in [-0.3, -0.25) is 0 Å². The van der Waals surface area contributed by atoms with E-state index in [-0.39, 0.29) is 6.04 Å². The van der Waals surface area contributed by atoms with Crippen molar-refractivity contribution in [1.82, 2.24) is 4.57 Å². The van der Waals surface area contributed by atoms with Crippen LogP contribution in [0.25, 0.3) is 10.9 Å². The average molecular weight is 299 g/mol. The van der Waals surface area contributed by atoms with Crippen molar-refractivity contribution in [3.05, 3.63) is 35.5 Å². The van der Waals surface area contributed by atoms with Crippen LogP contribution in [0, 0.1) is 0 Å². The lowest BCUT2D eigenvalue weighted by Gasteiger charge is -2.21. The standard InChI is InChI=1S/C16H20F3NO/c1-10(2)20-13(9-15(3,4)21)8-11-7-12(16(17,18)19)5-6-14(11)20/h5-8,10,21H,9H2,1-4H3. The van der Waals surface area contributed by atoms with Crippen LogP contribution in [0.3, 0.4) is 0 Å². The maximum absolute atomic E-state index is 12.8. The first kappa shape index (κ1) is 15.9. The van der Waals surface area contributed by atoms with E-state index >= 15 is 0 Å². The minimum atomic E-state index is -4.34. The second kappa shape index (κ2) is 5.05. The number of hydrogen-bond acceptors (Lipinski definition) is 1. The number of aromatic nitrogens is 1. The second-order valence-electron chi connectivity index (χ2n) is 6.36. The number of alkyl halides is 3. The molecule has 0 saturated heterocycles. The van der Waals surface area contributed by atoms with Gasteiger partial charge in [0.2, 0.25) is 0 Å². The molecule has 1 heterocycles. The lowest BCUT2D eigenvalue weighted by Crippen LogP contribution is -2.24. The van der Waals surface area contributed by atoms with Crippen molar-refractivity contribution in [2.45, 2.75) is 51.9 Å². The van der Waals surface area contributed by atoms with Gasteiger partial charge in [-0.15, -0.1) is 0 Å². The molecule has 0 atom stereocenters. The number of halogens is 3. The number of fused-ring (bicyclic) bond motifs is 1. The van der Waals surface area contributed by atoms with Gasteiger partial charge in [0.25, 0.3) is 0 Å². The molecule has 1 N–H and O–H groups in total. The summed E-state index contributed by atoms with van der Waals surface area (Å²) in [4.78, 5) is 0. The summed E-state index contributed by atoms with van der Waals surface area (Å²) in [6, 6.07) is 5.63. The van der Waals surface area contributed by atoms with Gasteiger partial charge in [-0.25, -0.2) is 0 Å². The van der Waals surface area contributed by atoms with Gasteiger partial charge in [-0.05, 0) is 52.0 Å². The molecule has 0 aliphatic rings. The van der Waals surface area contributed by atoms with Crippen LogP contribution in [-0.2, 0) is 12.6 Å². The van der Waals surface area contributed by atoms with Crippen LogP contribution in [0.15, 0.2) is 24.3 Å². The summed E-state index contributed by atoms with van der Waals surface area (Å²) >= 11 is 0. The summed E-state index contributed by atoms with van der Waals surface area (Å²) in [5.74, 6) is 0. The summed E-state index contributed by atoms with van der Waals surface area (Å²) in [6.45, 7) is 7.34. The highest BCUT2D eigenvalue weighted by molar-refractivity contribution is 5.82. The zero-order chi connectivity index (χ0) is 16.0. The monoisotopic (exact) mass is 299 g/mol. The Kier molecular flexibility index (Phi) is 3.82. The summed E-state index contributed by atoms with van der Waals surface area (Å²) in [5, 5.41) is 10.5. The fourth-order valence-corrected chi connectivity index (χ4v) is 2.66. The predicted molar refractivity (Wildman–Crippen MR) is 77.3 cm³/mol. The maximum Gasteiger partial charge on any atom is 0.416 e. The largest absolute Gasteiger partial charge is 0.416 e. The molecule has 0 fully saturated rings. The van der Waals surface area contributed by atoms with E-state index in [9.17, 15) is 18.3 Å². The first-order valence-corrected chi connectivity index (χ1v) is 6.92. The highest BCUT2D eigenvalue weighted by Crippen LogP contribution is 2.34. The minimum absolute atomic E-state index is 0.108. The van der Waals surface area contributed by atoms with E-state index in [1.165, 1.54) is 12.1 Å². The fraction of sp³-hybridized carbons (Fsp3) is 0.500. The van der Waals surface area contributed by atoms with Crippen LogP contribution in [0.2, 0.25) is 0 Å². The minimum Gasteiger partial charge on any atom is -0.390 e. The molecule has 0 aliphatic carbocycles. The number of rotatable bonds is 3. The maximum atomic E-state index is 12.8. The van der Waals surface area contributed by atoms with Crippen LogP contribution in [-0.4, -0.2) is 15.3 Å². The number of benzene rings is 1. The third-order valence-corrected chi connectivity index (χ3v) is 3.38. The van der Waals surface area contributed by atoms with Crippen molar-refractivity contribution in [2.75, 3.05) is 0 Å². The molecule has 0 amide bonds. The molecular formula is C16H20F3NO. The molecule has 5 heteroatoms. The second-order valence-corrected chi connectivity index (χ2v) is 6.36. The van der Waals surface area contributed by atoms with Crippen LogP contribution in [0.4, 0.5) is 13.2 Å². The summed E-state index contributed by atoms with van der Waals surface area (Å²) in [6.07, 6.45) is -3.95. The lowest BCUT2D eigenvalue weighted by molar-refractivity contribution is -0.137. The van der Waals surface area contributed by atoms with Crippen molar-refractivity contribution >= 4 is 10.9 Å². The fourth-order valence-electron chi connectivity index (χ4n) is 2.66. The number of hydrogen-bond donors (Lipinski definition) is 1. The molecular weight excluding hydrogens is 279 g/mol. The van der Waals surface area contributed by atoms with Crippen LogP contribution >= 0.6 is 0 Å². The third kappa shape index (κ3) is 3.40. The Balaban J connectivity index is 2.62. The topological polar surface area (TPSA) is 25.2 Å². The molecule has 0 saturated carbocycles. The summed E-state index contributed by atoms with van der Waals surface area (Å²) in [5.41, 5.74) is 0.0447. The molecule has 0 radical (unpaired) electrons. The molecule has 0 spiro atoms. The van der Waals surface area contributed by atoms with E-state index in [2.05, 4.69) is 0 Å². The van der Waals surface area contributed by atoms with Gasteiger partial charge >= 0.3 is 6.18 Å². The average Bonchev–Trinajstić information content (AvgIpc) is 2.61. The number of aliphatic hydroxyl groups is 1. The van der Waals surface area contributed by atoms with Crippen molar-refractivity contribution < 1.29 is 18.3 Å². The van der Waals surface area contributed by atoms with Gasteiger partial charge in [0.15, 0.2) is 0 Å². The Labute approximate surface area is 122 Å². The Morgan fingerprint density at radius 3 is 2.24 bits per heavy atom. The first-order valence-electron chi connectivity index (χ1n) is 6.92. The van der Waals surface area contributed by atoms with Gasteiger partial charge in [0.1, 0.15) is 0 Å². The summed E-state index contributed by atoms with van der Waals surface area (Å²) in [7, 11) is 0. The highest BCUT2D eigenvalue weighted by Gasteiger charge is 2.31. The highest BCUT2D eigenvalue weighted by atomic mass is 19.4. The molecule has 1 aromatic heterocycles. The van der Waals surface area contributed by atoms with Crippen molar-refractivity contribution in [1.29, 1.82) is 0 Å². The van der Waals surface area contributed by atoms with Crippen molar-refractivity contribution in [3.8, 4) is 0 Å². The van der Waals surface area contributed by atoms with Crippen molar-refractivity contribution in [2.24, 2.45) is 0 Å². The molecule has 2 aromatic rings. The lowest BCUT2D eigenvalue weighted by atomic mass is 10.0. The zero-order valence-electron chi connectivity index (χ0n) is 12.6. The third-order valence-electron chi connectivity index (χ3n) is 3.38. The Hall–Kier alpha value is -1.49. The molecule has 0 aliphatic heterocycles. The van der Waals surface area contributed by atoms with Gasteiger partial charge in [0.05, 0.1) is 11.2 Å².